The number of sulfonamides is 1. The van der Waals surface area contributed by atoms with E-state index in [1.165, 1.54) is 24.3 Å². The topological polar surface area (TPSA) is 105 Å². The van der Waals surface area contributed by atoms with Gasteiger partial charge in [-0.05, 0) is 94.9 Å². The number of carbonyl (C=O) groups is 2. The van der Waals surface area contributed by atoms with Crippen molar-refractivity contribution in [3.05, 3.63) is 95.5 Å². The molecule has 280 valence electrons. The highest BCUT2D eigenvalue weighted by Crippen LogP contribution is 2.43. The summed E-state index contributed by atoms with van der Waals surface area (Å²) in [4.78, 5) is 31.2. The fraction of sp³-hybridized carbons (Fsp3) is 0.351. The van der Waals surface area contributed by atoms with E-state index in [1.807, 2.05) is 0 Å². The van der Waals surface area contributed by atoms with Crippen molar-refractivity contribution in [2.45, 2.75) is 66.8 Å². The summed E-state index contributed by atoms with van der Waals surface area (Å²) in [5, 5.41) is 4.12. The second-order valence-corrected chi connectivity index (χ2v) is 15.7. The van der Waals surface area contributed by atoms with Gasteiger partial charge in [0.25, 0.3) is 15.9 Å². The van der Waals surface area contributed by atoms with Crippen molar-refractivity contribution in [2.24, 2.45) is 0 Å². The summed E-state index contributed by atoms with van der Waals surface area (Å²) in [6.07, 6.45) is -1.58. The third kappa shape index (κ3) is 7.07. The summed E-state index contributed by atoms with van der Waals surface area (Å²) in [7, 11) is -5.61. The molecule has 0 radical (unpaired) electrons. The van der Waals surface area contributed by atoms with Crippen LogP contribution in [-0.4, -0.2) is 73.2 Å². The number of halogens is 6. The highest BCUT2D eigenvalue weighted by atomic mass is 35.5. The molecule has 9 nitrogen and oxygen atoms in total. The van der Waals surface area contributed by atoms with Crippen LogP contribution in [0, 0.1) is 0 Å². The first-order valence-corrected chi connectivity index (χ1v) is 18.7. The lowest BCUT2D eigenvalue weighted by atomic mass is 9.78. The molecule has 7 rings (SSSR count). The highest BCUT2D eigenvalue weighted by Gasteiger charge is 2.62. The molecule has 1 spiro atoms. The molecule has 0 unspecified atom stereocenters. The minimum atomic E-state index is -5.81. The molecule has 2 saturated heterocycles. The van der Waals surface area contributed by atoms with Crippen LogP contribution in [-0.2, 0) is 30.4 Å². The van der Waals surface area contributed by atoms with Crippen molar-refractivity contribution in [3.63, 3.8) is 0 Å². The lowest BCUT2D eigenvalue weighted by Gasteiger charge is -2.59. The predicted octanol–water partition coefficient (Wildman–Crippen LogP) is 7.23. The second kappa shape index (κ2) is 13.8. The van der Waals surface area contributed by atoms with Crippen LogP contribution >= 0.6 is 11.6 Å². The van der Waals surface area contributed by atoms with Crippen LogP contribution in [0.4, 0.5) is 22.0 Å². The molecular formula is C37H33ClF5N3O6S. The van der Waals surface area contributed by atoms with Crippen molar-refractivity contribution < 1.29 is 49.5 Å². The van der Waals surface area contributed by atoms with Crippen LogP contribution in [0.1, 0.15) is 37.7 Å². The number of amides is 1. The highest BCUT2D eigenvalue weighted by molar-refractivity contribution is 7.89. The molecule has 1 N–H and O–H groups in total. The Hall–Kier alpha value is -4.31. The Bertz CT molecular complexity index is 2140. The van der Waals surface area contributed by atoms with Crippen LogP contribution in [0.2, 0.25) is 5.02 Å². The van der Waals surface area contributed by atoms with Gasteiger partial charge in [-0.3, -0.25) is 4.79 Å². The molecule has 0 bridgehead atoms. The second-order valence-electron chi connectivity index (χ2n) is 13.5. The van der Waals surface area contributed by atoms with E-state index in [2.05, 4.69) is 10.2 Å². The molecule has 0 aromatic heterocycles. The Labute approximate surface area is 306 Å². The van der Waals surface area contributed by atoms with E-state index in [1.54, 1.807) is 36.4 Å². The van der Waals surface area contributed by atoms with Gasteiger partial charge in [0.1, 0.15) is 5.75 Å². The van der Waals surface area contributed by atoms with Crippen LogP contribution in [0.3, 0.4) is 0 Å². The fourth-order valence-corrected chi connectivity index (χ4v) is 8.50. The van der Waals surface area contributed by atoms with E-state index in [-0.39, 0.29) is 31.1 Å². The number of rotatable bonds is 10. The Balaban J connectivity index is 1.31. The monoisotopic (exact) mass is 777 g/mol. The van der Waals surface area contributed by atoms with Crippen molar-refractivity contribution >= 4 is 44.3 Å². The van der Waals surface area contributed by atoms with Gasteiger partial charge in [-0.15, -0.1) is 0 Å². The van der Waals surface area contributed by atoms with Crippen LogP contribution in [0.15, 0.2) is 89.8 Å². The molecule has 1 amide bonds. The maximum atomic E-state index is 17.0. The number of fused-ring (bicyclic) bond motifs is 1. The molecule has 4 aromatic carbocycles. The van der Waals surface area contributed by atoms with Gasteiger partial charge in [0.15, 0.2) is 0 Å². The third-order valence-corrected chi connectivity index (χ3v) is 12.0. The summed E-state index contributed by atoms with van der Waals surface area (Å²) in [6, 6.07) is 15.7. The quantitative estimate of drug-likeness (QED) is 0.134. The minimum Gasteiger partial charge on any atom is -0.490 e. The number of carbonyl (C=O) groups excluding carboxylic acids is 2. The van der Waals surface area contributed by atoms with Gasteiger partial charge in [-0.2, -0.15) is 22.0 Å². The molecule has 53 heavy (non-hydrogen) atoms. The minimum absolute atomic E-state index is 0.0232. The van der Waals surface area contributed by atoms with Gasteiger partial charge < -0.3 is 19.8 Å². The van der Waals surface area contributed by atoms with E-state index < -0.39 is 60.5 Å². The van der Waals surface area contributed by atoms with Gasteiger partial charge in [-0.1, -0.05) is 60.1 Å². The molecule has 1 saturated carbocycles. The molecule has 2 heterocycles. The number of likely N-dealkylation sites (tertiary alicyclic amines) is 1. The van der Waals surface area contributed by atoms with Gasteiger partial charge in [0.2, 0.25) is 6.04 Å². The van der Waals surface area contributed by atoms with Crippen molar-refractivity contribution in [3.8, 4) is 16.9 Å². The number of nitrogens with zero attached hydrogens (tertiary/aromatic N) is 2. The normalized spacial score (nSPS) is 18.1. The molecule has 3 aliphatic rings. The Kier molecular flexibility index (Phi) is 9.66. The molecule has 2 aliphatic heterocycles. The number of benzene rings is 4. The third-order valence-electron chi connectivity index (χ3n) is 10.1. The average Bonchev–Trinajstić information content (AvgIpc) is 3.59. The van der Waals surface area contributed by atoms with Crippen LogP contribution < -0.4 is 10.1 Å². The van der Waals surface area contributed by atoms with Crippen LogP contribution in [0.5, 0.6) is 5.75 Å². The Morgan fingerprint density at radius 1 is 0.868 bits per heavy atom. The molecular weight excluding hydrogens is 745 g/mol. The fourth-order valence-electron chi connectivity index (χ4n) is 6.99. The van der Waals surface area contributed by atoms with Gasteiger partial charge in [-0.25, -0.2) is 13.2 Å². The van der Waals surface area contributed by atoms with Crippen LogP contribution in [0.25, 0.3) is 21.9 Å². The number of ether oxygens (including phenoxy) is 1. The van der Waals surface area contributed by atoms with E-state index >= 15 is 8.78 Å². The number of hydrogen-bond acceptors (Lipinski definition) is 7. The van der Waals surface area contributed by atoms with E-state index in [9.17, 15) is 31.2 Å². The molecule has 4 aromatic rings. The van der Waals surface area contributed by atoms with E-state index in [4.69, 9.17) is 16.3 Å². The Morgan fingerprint density at radius 2 is 1.47 bits per heavy atom. The average molecular weight is 778 g/mol. The smallest absolute Gasteiger partial charge is 0.490 e. The summed E-state index contributed by atoms with van der Waals surface area (Å²) < 4.78 is 109. The molecule has 3 fully saturated rings. The number of nitrogens with one attached hydrogen (secondary N) is 1. The maximum Gasteiger partial charge on any atom is 0.492 e. The van der Waals surface area contributed by atoms with Crippen molar-refractivity contribution in [2.75, 3.05) is 19.6 Å². The first-order chi connectivity index (χ1) is 25.1. The standard InChI is InChI=1S/C37H33ClF5N3O6S/c38-28-13-7-24(8-14-28)23-5-11-27(12-6-23)36(39,40)32(33(47)45-18-17-35(45)21-44-22-35)46(52-34(48)37(41,42)43)53(49,50)31-16-10-25-19-30(15-9-26(25)20-31)51-29-3-1-2-4-29/h5-16,19-20,29,32,44H,1-4,17-18,21-22H2/t32-/m0/s1. The lowest BCUT2D eigenvalue weighted by Crippen LogP contribution is -2.79. The van der Waals surface area contributed by atoms with Gasteiger partial charge in [0, 0.05) is 30.2 Å². The molecule has 16 heteroatoms. The summed E-state index contributed by atoms with van der Waals surface area (Å²) in [5.41, 5.74) is -0.818. The predicted molar refractivity (Wildman–Crippen MR) is 185 cm³/mol. The molecule has 1 atom stereocenters. The summed E-state index contributed by atoms with van der Waals surface area (Å²) in [6.45, 7) is 0.309. The van der Waals surface area contributed by atoms with Gasteiger partial charge >= 0.3 is 18.1 Å². The SMILES string of the molecule is O=C([C@H](N(OC(=O)C(F)(F)F)S(=O)(=O)c1ccc2cc(OC3CCCC3)ccc2c1)C(F)(F)c1ccc(-c2ccc(Cl)cc2)cc1)N1CCC12CNC2. The lowest BCUT2D eigenvalue weighted by molar-refractivity contribution is -0.241. The van der Waals surface area contributed by atoms with E-state index in [0.717, 1.165) is 54.8 Å². The number of hydroxylamine groups is 1. The number of hydrogen-bond donors (Lipinski definition) is 1. The zero-order chi connectivity index (χ0) is 37.8. The van der Waals surface area contributed by atoms with Gasteiger partial charge in [0.05, 0.1) is 16.5 Å². The summed E-state index contributed by atoms with van der Waals surface area (Å²) >= 11 is 5.96. The number of alkyl halides is 5. The first kappa shape index (κ1) is 37.0. The van der Waals surface area contributed by atoms with Crippen molar-refractivity contribution in [1.82, 2.24) is 14.7 Å². The summed E-state index contributed by atoms with van der Waals surface area (Å²) in [5.74, 6) is -8.66. The Morgan fingerprint density at radius 3 is 2.04 bits per heavy atom. The zero-order valence-electron chi connectivity index (χ0n) is 27.9. The largest absolute Gasteiger partial charge is 0.492 e. The zero-order valence-corrected chi connectivity index (χ0v) is 29.5. The van der Waals surface area contributed by atoms with Crippen molar-refractivity contribution in [1.29, 1.82) is 0 Å². The molecule has 1 aliphatic carbocycles. The first-order valence-electron chi connectivity index (χ1n) is 16.9. The van der Waals surface area contributed by atoms with E-state index in [0.29, 0.717) is 33.7 Å². The maximum absolute atomic E-state index is 17.0.